The Morgan fingerprint density at radius 3 is 2.65 bits per heavy atom. The van der Waals surface area contributed by atoms with Crippen molar-refractivity contribution in [3.05, 3.63) is 53.6 Å². The third kappa shape index (κ3) is 4.64. The van der Waals surface area contributed by atoms with Gasteiger partial charge in [-0.2, -0.15) is 0 Å². The number of rotatable bonds is 6. The molecular weight excluding hydrogens is 350 g/mol. The number of nitrogens with zero attached hydrogens (tertiary/aromatic N) is 2. The van der Waals surface area contributed by atoms with Crippen LogP contribution in [0.25, 0.3) is 11.5 Å². The minimum absolute atomic E-state index is 0.158. The highest BCUT2D eigenvalue weighted by Gasteiger charge is 2.12. The van der Waals surface area contributed by atoms with E-state index < -0.39 is 0 Å². The second kappa shape index (κ2) is 8.05. The van der Waals surface area contributed by atoms with Crippen molar-refractivity contribution in [3.8, 4) is 17.2 Å². The van der Waals surface area contributed by atoms with Crippen LogP contribution in [0.15, 0.2) is 52.1 Å². The maximum absolute atomic E-state index is 12.1. The number of amides is 1. The first kappa shape index (κ1) is 18.0. The van der Waals surface area contributed by atoms with Gasteiger partial charge < -0.3 is 14.5 Å². The molecule has 26 heavy (non-hydrogen) atoms. The van der Waals surface area contributed by atoms with E-state index in [1.165, 1.54) is 11.8 Å². The van der Waals surface area contributed by atoms with Gasteiger partial charge in [0.05, 0.1) is 12.9 Å². The molecule has 3 aromatic rings. The summed E-state index contributed by atoms with van der Waals surface area (Å²) in [5, 5.41) is 11.2. The molecule has 1 heterocycles. The minimum atomic E-state index is -0.158. The Kier molecular flexibility index (Phi) is 5.58. The summed E-state index contributed by atoms with van der Waals surface area (Å²) < 4.78 is 10.8. The van der Waals surface area contributed by atoms with Crippen molar-refractivity contribution in [1.29, 1.82) is 0 Å². The molecule has 0 saturated carbocycles. The van der Waals surface area contributed by atoms with Gasteiger partial charge in [0, 0.05) is 17.3 Å². The van der Waals surface area contributed by atoms with Crippen molar-refractivity contribution < 1.29 is 13.9 Å². The second-order valence-electron chi connectivity index (χ2n) is 5.82. The molecule has 0 fully saturated rings. The summed E-state index contributed by atoms with van der Waals surface area (Å²) in [7, 11) is 1.58. The SMILES string of the molecule is COc1cccc(NC(=O)CSc2nnc(-c3cc(C)cc(C)c3)o2)c1. The number of aryl methyl sites for hydroxylation is 2. The third-order valence-corrected chi connectivity index (χ3v) is 4.37. The van der Waals surface area contributed by atoms with E-state index in [-0.39, 0.29) is 11.7 Å². The molecule has 0 aliphatic rings. The van der Waals surface area contributed by atoms with Gasteiger partial charge in [-0.25, -0.2) is 0 Å². The molecule has 1 aromatic heterocycles. The number of carbonyl (C=O) groups is 1. The highest BCUT2D eigenvalue weighted by Crippen LogP contribution is 2.25. The number of benzene rings is 2. The molecule has 1 amide bonds. The quantitative estimate of drug-likeness (QED) is 0.660. The van der Waals surface area contributed by atoms with Gasteiger partial charge in [-0.1, -0.05) is 35.0 Å². The molecule has 2 aromatic carbocycles. The minimum Gasteiger partial charge on any atom is -0.497 e. The van der Waals surface area contributed by atoms with Crippen LogP contribution >= 0.6 is 11.8 Å². The van der Waals surface area contributed by atoms with Gasteiger partial charge in [-0.3, -0.25) is 4.79 Å². The number of methoxy groups -OCH3 is 1. The van der Waals surface area contributed by atoms with Crippen LogP contribution in [0, 0.1) is 13.8 Å². The Bertz CT molecular complexity index is 904. The Balaban J connectivity index is 1.60. The molecule has 134 valence electrons. The van der Waals surface area contributed by atoms with Crippen molar-refractivity contribution in [2.45, 2.75) is 19.1 Å². The van der Waals surface area contributed by atoms with E-state index in [1.807, 2.05) is 38.1 Å². The van der Waals surface area contributed by atoms with Gasteiger partial charge in [0.1, 0.15) is 5.75 Å². The van der Waals surface area contributed by atoms with E-state index in [9.17, 15) is 4.79 Å². The molecule has 3 rings (SSSR count). The molecular formula is C19H19N3O3S. The summed E-state index contributed by atoms with van der Waals surface area (Å²) in [4.78, 5) is 12.1. The van der Waals surface area contributed by atoms with Crippen molar-refractivity contribution in [1.82, 2.24) is 10.2 Å². The summed E-state index contributed by atoms with van der Waals surface area (Å²) in [5.41, 5.74) is 3.81. The van der Waals surface area contributed by atoms with Crippen LogP contribution < -0.4 is 10.1 Å². The summed E-state index contributed by atoms with van der Waals surface area (Å²) in [6.45, 7) is 4.04. The Hall–Kier alpha value is -2.80. The molecule has 0 atom stereocenters. The number of carbonyl (C=O) groups excluding carboxylic acids is 1. The number of thioether (sulfide) groups is 1. The molecule has 0 spiro atoms. The zero-order valence-corrected chi connectivity index (χ0v) is 15.6. The highest BCUT2D eigenvalue weighted by molar-refractivity contribution is 7.99. The maximum Gasteiger partial charge on any atom is 0.277 e. The average Bonchev–Trinajstić information content (AvgIpc) is 3.08. The van der Waals surface area contributed by atoms with Crippen LogP contribution in [0.3, 0.4) is 0 Å². The Labute approximate surface area is 156 Å². The first-order chi connectivity index (χ1) is 12.5. The Morgan fingerprint density at radius 2 is 1.92 bits per heavy atom. The van der Waals surface area contributed by atoms with Gasteiger partial charge >= 0.3 is 0 Å². The summed E-state index contributed by atoms with van der Waals surface area (Å²) in [5.74, 6) is 1.15. The smallest absolute Gasteiger partial charge is 0.277 e. The lowest BCUT2D eigenvalue weighted by molar-refractivity contribution is -0.113. The van der Waals surface area contributed by atoms with E-state index in [0.29, 0.717) is 22.6 Å². The van der Waals surface area contributed by atoms with E-state index >= 15 is 0 Å². The first-order valence-electron chi connectivity index (χ1n) is 8.02. The fourth-order valence-electron chi connectivity index (χ4n) is 2.51. The van der Waals surface area contributed by atoms with Gasteiger partial charge in [0.25, 0.3) is 5.22 Å². The number of nitrogens with one attached hydrogen (secondary N) is 1. The largest absolute Gasteiger partial charge is 0.497 e. The van der Waals surface area contributed by atoms with Crippen molar-refractivity contribution in [2.24, 2.45) is 0 Å². The van der Waals surface area contributed by atoms with E-state index in [2.05, 4.69) is 21.6 Å². The van der Waals surface area contributed by atoms with Crippen molar-refractivity contribution in [3.63, 3.8) is 0 Å². The fraction of sp³-hybridized carbons (Fsp3) is 0.211. The summed E-state index contributed by atoms with van der Waals surface area (Å²) in [6, 6.07) is 13.3. The van der Waals surface area contributed by atoms with Gasteiger partial charge in [-0.05, 0) is 38.1 Å². The van der Waals surface area contributed by atoms with Crippen LogP contribution in [0.2, 0.25) is 0 Å². The zero-order valence-electron chi connectivity index (χ0n) is 14.8. The lowest BCUT2D eigenvalue weighted by atomic mass is 10.1. The van der Waals surface area contributed by atoms with Gasteiger partial charge in [-0.15, -0.1) is 10.2 Å². The third-order valence-electron chi connectivity index (χ3n) is 3.56. The van der Waals surface area contributed by atoms with Crippen LogP contribution in [-0.2, 0) is 4.79 Å². The topological polar surface area (TPSA) is 77.2 Å². The summed E-state index contributed by atoms with van der Waals surface area (Å²) in [6.07, 6.45) is 0. The molecule has 1 N–H and O–H groups in total. The fourth-order valence-corrected chi connectivity index (χ4v) is 3.07. The van der Waals surface area contributed by atoms with Crippen molar-refractivity contribution >= 4 is 23.4 Å². The number of aromatic nitrogens is 2. The van der Waals surface area contributed by atoms with Crippen LogP contribution in [0.1, 0.15) is 11.1 Å². The second-order valence-corrected chi connectivity index (χ2v) is 6.74. The number of anilines is 1. The summed E-state index contributed by atoms with van der Waals surface area (Å²) >= 11 is 1.20. The zero-order chi connectivity index (χ0) is 18.5. The lowest BCUT2D eigenvalue weighted by Gasteiger charge is -2.05. The molecule has 7 heteroatoms. The predicted molar refractivity (Wildman–Crippen MR) is 102 cm³/mol. The average molecular weight is 369 g/mol. The van der Waals surface area contributed by atoms with Crippen LogP contribution in [0.5, 0.6) is 5.75 Å². The van der Waals surface area contributed by atoms with E-state index in [4.69, 9.17) is 9.15 Å². The van der Waals surface area contributed by atoms with Gasteiger partial charge in [0.15, 0.2) is 0 Å². The molecule has 0 saturated heterocycles. The molecule has 0 radical (unpaired) electrons. The number of ether oxygens (including phenoxy) is 1. The van der Waals surface area contributed by atoms with E-state index in [0.717, 1.165) is 16.7 Å². The highest BCUT2D eigenvalue weighted by atomic mass is 32.2. The van der Waals surface area contributed by atoms with E-state index in [1.54, 1.807) is 19.2 Å². The maximum atomic E-state index is 12.1. The molecule has 0 unspecified atom stereocenters. The van der Waals surface area contributed by atoms with Gasteiger partial charge in [0.2, 0.25) is 11.8 Å². The van der Waals surface area contributed by atoms with Crippen LogP contribution in [-0.4, -0.2) is 29.0 Å². The lowest BCUT2D eigenvalue weighted by Crippen LogP contribution is -2.13. The van der Waals surface area contributed by atoms with Crippen LogP contribution in [0.4, 0.5) is 5.69 Å². The monoisotopic (exact) mass is 369 g/mol. The van der Waals surface area contributed by atoms with Crippen molar-refractivity contribution in [2.75, 3.05) is 18.2 Å². The molecule has 0 aliphatic carbocycles. The molecule has 0 aliphatic heterocycles. The molecule has 0 bridgehead atoms. The first-order valence-corrected chi connectivity index (χ1v) is 9.01. The standard InChI is InChI=1S/C19H19N3O3S/c1-12-7-13(2)9-14(8-12)18-21-22-19(25-18)26-11-17(23)20-15-5-4-6-16(10-15)24-3/h4-10H,11H2,1-3H3,(H,20,23). The normalized spacial score (nSPS) is 10.6. The Morgan fingerprint density at radius 1 is 1.15 bits per heavy atom. The number of hydrogen-bond acceptors (Lipinski definition) is 6. The number of hydrogen-bond donors (Lipinski definition) is 1. The predicted octanol–water partition coefficient (Wildman–Crippen LogP) is 4.09. The molecule has 6 nitrogen and oxygen atoms in total.